The first-order valence-corrected chi connectivity index (χ1v) is 7.46. The minimum absolute atomic E-state index is 0.250. The second-order valence-electron chi connectivity index (χ2n) is 5.18. The van der Waals surface area contributed by atoms with E-state index >= 15 is 0 Å². The van der Waals surface area contributed by atoms with Crippen molar-refractivity contribution in [1.82, 2.24) is 0 Å². The molecule has 1 aliphatic rings. The molecule has 20 heavy (non-hydrogen) atoms. The quantitative estimate of drug-likeness (QED) is 0.796. The van der Waals surface area contributed by atoms with Gasteiger partial charge in [0.1, 0.15) is 5.75 Å². The molecule has 0 radical (unpaired) electrons. The molecule has 1 aliphatic heterocycles. The summed E-state index contributed by atoms with van der Waals surface area (Å²) in [5.41, 5.74) is 0.280. The number of aromatic hydroxyl groups is 1. The maximum atomic E-state index is 9.22. The molecular weight excluding hydrogens is 251 g/mol. The van der Waals surface area contributed by atoms with Gasteiger partial charge in [-0.1, -0.05) is 39.8 Å². The standard InChI is InChI=1S/C12H17BO3.2C2H6/c1-11(2)12(3,4)16-13(15-11)9-5-7-10(14)8-6-9;2*1-2/h5-8,14H,1-4H3;2*1-2H3. The largest absolute Gasteiger partial charge is 0.508 e. The Hall–Kier alpha value is -0.995. The van der Waals surface area contributed by atoms with E-state index in [1.807, 2.05) is 67.5 Å². The van der Waals surface area contributed by atoms with Crippen LogP contribution in [0.5, 0.6) is 5.75 Å². The summed E-state index contributed by atoms with van der Waals surface area (Å²) in [5.74, 6) is 0.250. The predicted octanol–water partition coefficient (Wildman–Crippen LogP) is 3.74. The van der Waals surface area contributed by atoms with E-state index in [1.165, 1.54) is 0 Å². The zero-order valence-electron chi connectivity index (χ0n) is 14.2. The topological polar surface area (TPSA) is 38.7 Å². The van der Waals surface area contributed by atoms with Gasteiger partial charge in [-0.25, -0.2) is 0 Å². The van der Waals surface area contributed by atoms with E-state index in [1.54, 1.807) is 12.1 Å². The van der Waals surface area contributed by atoms with Gasteiger partial charge in [0.2, 0.25) is 0 Å². The van der Waals surface area contributed by atoms with Crippen molar-refractivity contribution in [3.8, 4) is 5.75 Å². The second-order valence-corrected chi connectivity index (χ2v) is 5.18. The Labute approximate surface area is 124 Å². The summed E-state index contributed by atoms with van der Waals surface area (Å²) in [6.45, 7) is 16.1. The minimum Gasteiger partial charge on any atom is -0.508 e. The van der Waals surface area contributed by atoms with Crippen molar-refractivity contribution in [3.63, 3.8) is 0 Å². The molecule has 1 saturated heterocycles. The van der Waals surface area contributed by atoms with Gasteiger partial charge in [-0.2, -0.15) is 0 Å². The lowest BCUT2D eigenvalue weighted by atomic mass is 9.79. The third-order valence-electron chi connectivity index (χ3n) is 3.42. The number of phenols is 1. The zero-order valence-corrected chi connectivity index (χ0v) is 14.2. The third kappa shape index (κ3) is 4.25. The van der Waals surface area contributed by atoms with Crippen LogP contribution in [0.2, 0.25) is 0 Å². The van der Waals surface area contributed by atoms with Crippen molar-refractivity contribution in [2.75, 3.05) is 0 Å². The van der Waals surface area contributed by atoms with Crippen LogP contribution < -0.4 is 5.46 Å². The lowest BCUT2D eigenvalue weighted by molar-refractivity contribution is 0.00578. The van der Waals surface area contributed by atoms with Crippen LogP contribution in [0.3, 0.4) is 0 Å². The van der Waals surface area contributed by atoms with Crippen molar-refractivity contribution in [2.24, 2.45) is 0 Å². The van der Waals surface area contributed by atoms with Crippen molar-refractivity contribution in [2.45, 2.75) is 66.6 Å². The highest BCUT2D eigenvalue weighted by molar-refractivity contribution is 6.62. The molecule has 0 amide bonds. The van der Waals surface area contributed by atoms with E-state index in [-0.39, 0.29) is 24.1 Å². The fourth-order valence-corrected chi connectivity index (χ4v) is 1.61. The Bertz CT molecular complexity index is 369. The minimum atomic E-state index is -0.356. The van der Waals surface area contributed by atoms with Crippen LogP contribution in [-0.4, -0.2) is 23.4 Å². The van der Waals surface area contributed by atoms with E-state index in [2.05, 4.69) is 0 Å². The highest BCUT2D eigenvalue weighted by Crippen LogP contribution is 2.36. The summed E-state index contributed by atoms with van der Waals surface area (Å²) in [6.07, 6.45) is 0. The van der Waals surface area contributed by atoms with Gasteiger partial charge in [-0.05, 0) is 45.3 Å². The van der Waals surface area contributed by atoms with Crippen LogP contribution in [-0.2, 0) is 9.31 Å². The first-order valence-electron chi connectivity index (χ1n) is 7.46. The zero-order chi connectivity index (χ0) is 16.0. The summed E-state index contributed by atoms with van der Waals surface area (Å²) >= 11 is 0. The van der Waals surface area contributed by atoms with Gasteiger partial charge in [-0.3, -0.25) is 0 Å². The van der Waals surface area contributed by atoms with E-state index in [4.69, 9.17) is 9.31 Å². The van der Waals surface area contributed by atoms with Crippen molar-refractivity contribution >= 4 is 12.6 Å². The molecule has 1 aromatic carbocycles. The molecule has 1 aromatic rings. The van der Waals surface area contributed by atoms with Gasteiger partial charge in [0.15, 0.2) is 0 Å². The van der Waals surface area contributed by atoms with Crippen LogP contribution in [0.4, 0.5) is 0 Å². The second kappa shape index (κ2) is 7.70. The van der Waals surface area contributed by atoms with E-state index < -0.39 is 0 Å². The monoisotopic (exact) mass is 280 g/mol. The van der Waals surface area contributed by atoms with E-state index in [0.29, 0.717) is 0 Å². The Balaban J connectivity index is 0.000000829. The fraction of sp³-hybridized carbons (Fsp3) is 0.625. The summed E-state index contributed by atoms with van der Waals surface area (Å²) in [7, 11) is -0.356. The molecule has 114 valence electrons. The van der Waals surface area contributed by atoms with Crippen LogP contribution in [0.15, 0.2) is 24.3 Å². The number of phenolic OH excluding ortho intramolecular Hbond substituents is 1. The molecule has 0 saturated carbocycles. The summed E-state index contributed by atoms with van der Waals surface area (Å²) in [6, 6.07) is 6.91. The number of hydrogen-bond acceptors (Lipinski definition) is 3. The smallest absolute Gasteiger partial charge is 0.494 e. The first-order chi connectivity index (χ1) is 9.32. The lowest BCUT2D eigenvalue weighted by Gasteiger charge is -2.32. The number of rotatable bonds is 1. The normalized spacial score (nSPS) is 18.5. The molecule has 0 aromatic heterocycles. The maximum absolute atomic E-state index is 9.22. The highest BCUT2D eigenvalue weighted by Gasteiger charge is 2.51. The van der Waals surface area contributed by atoms with Crippen molar-refractivity contribution in [3.05, 3.63) is 24.3 Å². The molecule has 0 aliphatic carbocycles. The maximum Gasteiger partial charge on any atom is 0.494 e. The molecule has 1 heterocycles. The van der Waals surface area contributed by atoms with Crippen LogP contribution in [0, 0.1) is 0 Å². The molecule has 2 rings (SSSR count). The number of hydrogen-bond donors (Lipinski definition) is 1. The third-order valence-corrected chi connectivity index (χ3v) is 3.42. The Morgan fingerprint density at radius 3 is 1.50 bits per heavy atom. The Kier molecular flexibility index (Phi) is 7.32. The molecule has 0 bridgehead atoms. The van der Waals surface area contributed by atoms with Gasteiger partial charge >= 0.3 is 7.12 Å². The van der Waals surface area contributed by atoms with Crippen molar-refractivity contribution < 1.29 is 14.4 Å². The number of benzene rings is 1. The molecule has 1 N–H and O–H groups in total. The van der Waals surface area contributed by atoms with Gasteiger partial charge in [0.25, 0.3) is 0 Å². The van der Waals surface area contributed by atoms with Gasteiger partial charge in [-0.15, -0.1) is 0 Å². The Morgan fingerprint density at radius 1 is 0.800 bits per heavy atom. The predicted molar refractivity (Wildman–Crippen MR) is 86.5 cm³/mol. The van der Waals surface area contributed by atoms with Crippen LogP contribution in [0.1, 0.15) is 55.4 Å². The SMILES string of the molecule is CC.CC.CC1(C)OB(c2ccc(O)cc2)OC1(C)C. The summed E-state index contributed by atoms with van der Waals surface area (Å²) < 4.78 is 11.8. The van der Waals surface area contributed by atoms with Gasteiger partial charge < -0.3 is 14.4 Å². The van der Waals surface area contributed by atoms with Crippen molar-refractivity contribution in [1.29, 1.82) is 0 Å². The average Bonchev–Trinajstić information content (AvgIpc) is 2.64. The molecule has 4 heteroatoms. The highest BCUT2D eigenvalue weighted by atomic mass is 16.7. The lowest BCUT2D eigenvalue weighted by Crippen LogP contribution is -2.41. The molecular formula is C16H29BO3. The summed E-state index contributed by atoms with van der Waals surface area (Å²) in [5, 5.41) is 9.22. The molecule has 0 spiro atoms. The van der Waals surface area contributed by atoms with E-state index in [0.717, 1.165) is 5.46 Å². The van der Waals surface area contributed by atoms with Crippen LogP contribution >= 0.6 is 0 Å². The molecule has 3 nitrogen and oxygen atoms in total. The molecule has 0 unspecified atom stereocenters. The first kappa shape index (κ1) is 19.0. The van der Waals surface area contributed by atoms with Crippen LogP contribution in [0.25, 0.3) is 0 Å². The average molecular weight is 280 g/mol. The van der Waals surface area contributed by atoms with E-state index in [9.17, 15) is 5.11 Å². The molecule has 0 atom stereocenters. The summed E-state index contributed by atoms with van der Waals surface area (Å²) in [4.78, 5) is 0. The fourth-order valence-electron chi connectivity index (χ4n) is 1.61. The molecule has 1 fully saturated rings. The van der Waals surface area contributed by atoms with Gasteiger partial charge in [0.05, 0.1) is 11.2 Å². The Morgan fingerprint density at radius 2 is 1.15 bits per heavy atom. The van der Waals surface area contributed by atoms with Gasteiger partial charge in [0, 0.05) is 0 Å².